The quantitative estimate of drug-likeness (QED) is 0.876. The van der Waals surface area contributed by atoms with E-state index in [-0.39, 0.29) is 17.7 Å². The zero-order valence-corrected chi connectivity index (χ0v) is 12.0. The Morgan fingerprint density at radius 2 is 2.15 bits per heavy atom. The van der Waals surface area contributed by atoms with Gasteiger partial charge in [-0.1, -0.05) is 12.1 Å². The van der Waals surface area contributed by atoms with Gasteiger partial charge in [-0.15, -0.1) is 0 Å². The molecule has 2 bridgehead atoms. The minimum atomic E-state index is -3.19. The maximum atomic E-state index is 12.2. The lowest BCUT2D eigenvalue weighted by molar-refractivity contribution is -0.119. The molecule has 2 atom stereocenters. The Morgan fingerprint density at radius 1 is 1.35 bits per heavy atom. The topological polar surface area (TPSA) is 80.5 Å². The van der Waals surface area contributed by atoms with E-state index in [1.54, 1.807) is 4.90 Å². The summed E-state index contributed by atoms with van der Waals surface area (Å²) in [4.78, 5) is 13.8. The number of carbonyl (C=O) groups excluding carboxylic acids is 1. The van der Waals surface area contributed by atoms with Gasteiger partial charge in [-0.05, 0) is 43.5 Å². The molecule has 2 unspecified atom stereocenters. The summed E-state index contributed by atoms with van der Waals surface area (Å²) >= 11 is 0. The first-order chi connectivity index (χ1) is 9.54. The van der Waals surface area contributed by atoms with Crippen LogP contribution >= 0.6 is 0 Å². The average molecular weight is 294 g/mol. The largest absolute Gasteiger partial charge is 0.330 e. The minimum absolute atomic E-state index is 0.275. The van der Waals surface area contributed by atoms with Crippen LogP contribution in [0.25, 0.3) is 0 Å². The number of hydrogen-bond donors (Lipinski definition) is 1. The fraction of sp³-hybridized carbons (Fsp3) is 0.500. The number of benzene rings is 1. The van der Waals surface area contributed by atoms with E-state index in [0.29, 0.717) is 13.0 Å². The molecule has 0 spiro atoms. The Morgan fingerprint density at radius 3 is 2.80 bits per heavy atom. The molecule has 0 radical (unpaired) electrons. The second-order valence-electron chi connectivity index (χ2n) is 5.45. The van der Waals surface area contributed by atoms with E-state index in [1.165, 1.54) is 0 Å². The lowest BCUT2D eigenvalue weighted by atomic mass is 10.0. The smallest absolute Gasteiger partial charge is 0.245 e. The van der Waals surface area contributed by atoms with Crippen molar-refractivity contribution in [2.45, 2.75) is 29.8 Å². The fourth-order valence-electron chi connectivity index (χ4n) is 2.92. The van der Waals surface area contributed by atoms with Crippen molar-refractivity contribution in [1.29, 1.82) is 0 Å². The summed E-state index contributed by atoms with van der Waals surface area (Å²) in [5, 5.41) is -1.19. The van der Waals surface area contributed by atoms with Crippen LogP contribution < -0.4 is 10.6 Å². The number of hydrogen-bond acceptors (Lipinski definition) is 4. The highest BCUT2D eigenvalue weighted by molar-refractivity contribution is 7.95. The molecule has 0 aromatic heterocycles. The van der Waals surface area contributed by atoms with Gasteiger partial charge in [0, 0.05) is 12.2 Å². The van der Waals surface area contributed by atoms with Crippen LogP contribution in [0, 0.1) is 0 Å². The SMILES string of the molecule is NCCCc1cccc(N2CC3CC(C2=O)S3(=O)=O)c1. The van der Waals surface area contributed by atoms with Gasteiger partial charge in [-0.3, -0.25) is 4.79 Å². The zero-order chi connectivity index (χ0) is 14.3. The number of aryl methyl sites for hydroxylation is 1. The molecule has 0 saturated carbocycles. The third-order valence-corrected chi connectivity index (χ3v) is 6.62. The number of nitrogens with two attached hydrogens (primary N) is 1. The molecule has 3 saturated heterocycles. The Kier molecular flexibility index (Phi) is 3.30. The molecule has 3 heterocycles. The first-order valence-corrected chi connectivity index (χ1v) is 8.48. The monoisotopic (exact) mass is 294 g/mol. The van der Waals surface area contributed by atoms with Gasteiger partial charge in [0.1, 0.15) is 5.25 Å². The molecule has 3 aliphatic rings. The number of sulfone groups is 1. The molecule has 1 amide bonds. The molecule has 2 N–H and O–H groups in total. The Balaban J connectivity index is 1.82. The summed E-state index contributed by atoms with van der Waals surface area (Å²) in [6.45, 7) is 0.924. The summed E-state index contributed by atoms with van der Waals surface area (Å²) in [5.41, 5.74) is 7.43. The highest BCUT2D eigenvalue weighted by atomic mass is 32.2. The average Bonchev–Trinajstić information content (AvgIpc) is 2.45. The van der Waals surface area contributed by atoms with Crippen LogP contribution in [0.1, 0.15) is 18.4 Å². The minimum Gasteiger partial charge on any atom is -0.330 e. The van der Waals surface area contributed by atoms with Crippen LogP contribution in [-0.2, 0) is 21.1 Å². The molecule has 6 heteroatoms. The molecule has 3 aliphatic heterocycles. The highest BCUT2D eigenvalue weighted by Gasteiger charge is 2.57. The Labute approximate surface area is 118 Å². The van der Waals surface area contributed by atoms with Crippen LogP contribution in [0.5, 0.6) is 0 Å². The van der Waals surface area contributed by atoms with Crippen molar-refractivity contribution in [1.82, 2.24) is 0 Å². The molecule has 4 rings (SSSR count). The predicted molar refractivity (Wildman–Crippen MR) is 77.3 cm³/mol. The van der Waals surface area contributed by atoms with Crippen molar-refractivity contribution >= 4 is 21.4 Å². The predicted octanol–water partition coefficient (Wildman–Crippen LogP) is 0.480. The van der Waals surface area contributed by atoms with E-state index in [9.17, 15) is 13.2 Å². The maximum absolute atomic E-state index is 12.2. The van der Waals surface area contributed by atoms with Crippen molar-refractivity contribution < 1.29 is 13.2 Å². The molecule has 5 nitrogen and oxygen atoms in total. The lowest BCUT2D eigenvalue weighted by Crippen LogP contribution is -2.65. The summed E-state index contributed by atoms with van der Waals surface area (Å²) in [6, 6.07) is 7.74. The van der Waals surface area contributed by atoms with Crippen LogP contribution in [0.15, 0.2) is 24.3 Å². The highest BCUT2D eigenvalue weighted by Crippen LogP contribution is 2.38. The van der Waals surface area contributed by atoms with E-state index < -0.39 is 15.1 Å². The number of carbonyl (C=O) groups is 1. The number of rotatable bonds is 4. The van der Waals surface area contributed by atoms with Gasteiger partial charge >= 0.3 is 0 Å². The molecular weight excluding hydrogens is 276 g/mol. The number of fused-ring (bicyclic) bond motifs is 2. The number of anilines is 1. The van der Waals surface area contributed by atoms with Gasteiger partial charge in [0.2, 0.25) is 5.91 Å². The van der Waals surface area contributed by atoms with E-state index in [0.717, 1.165) is 24.1 Å². The molecule has 1 aromatic rings. The normalized spacial score (nSPS) is 27.2. The molecule has 1 aromatic carbocycles. The number of nitrogens with zero attached hydrogens (tertiary/aromatic N) is 1. The third kappa shape index (κ3) is 2.03. The van der Waals surface area contributed by atoms with Crippen molar-refractivity contribution in [2.75, 3.05) is 18.0 Å². The van der Waals surface area contributed by atoms with Crippen molar-refractivity contribution in [2.24, 2.45) is 5.73 Å². The van der Waals surface area contributed by atoms with Gasteiger partial charge in [-0.25, -0.2) is 8.42 Å². The van der Waals surface area contributed by atoms with Crippen molar-refractivity contribution in [3.8, 4) is 0 Å². The molecule has 108 valence electrons. The third-order valence-electron chi connectivity index (χ3n) is 4.16. The van der Waals surface area contributed by atoms with Gasteiger partial charge in [0.15, 0.2) is 9.84 Å². The van der Waals surface area contributed by atoms with Gasteiger partial charge in [-0.2, -0.15) is 0 Å². The van der Waals surface area contributed by atoms with Crippen LogP contribution in [-0.4, -0.2) is 37.9 Å². The number of amides is 1. The standard InChI is InChI=1S/C14H18N2O3S/c15-6-2-4-10-3-1-5-11(7-10)16-9-12-8-13(14(16)17)20(12,18)19/h1,3,5,7,12-13H,2,4,6,8-9,15H2. The Hall–Kier alpha value is -1.40. The molecular formula is C14H18N2O3S. The van der Waals surface area contributed by atoms with Gasteiger partial charge < -0.3 is 10.6 Å². The Bertz CT molecular complexity index is 642. The first kappa shape index (κ1) is 13.6. The van der Waals surface area contributed by atoms with E-state index >= 15 is 0 Å². The first-order valence-electron chi connectivity index (χ1n) is 6.87. The van der Waals surface area contributed by atoms with Gasteiger partial charge in [0.25, 0.3) is 0 Å². The van der Waals surface area contributed by atoms with Crippen molar-refractivity contribution in [3.05, 3.63) is 29.8 Å². The molecule has 20 heavy (non-hydrogen) atoms. The summed E-state index contributed by atoms with van der Waals surface area (Å²) in [6.07, 6.45) is 2.26. The van der Waals surface area contributed by atoms with Crippen LogP contribution in [0.2, 0.25) is 0 Å². The maximum Gasteiger partial charge on any atom is 0.245 e. The van der Waals surface area contributed by atoms with Crippen LogP contribution in [0.4, 0.5) is 5.69 Å². The van der Waals surface area contributed by atoms with E-state index in [1.807, 2.05) is 24.3 Å². The molecule has 0 aliphatic carbocycles. The van der Waals surface area contributed by atoms with E-state index in [2.05, 4.69) is 0 Å². The second kappa shape index (κ2) is 4.86. The summed E-state index contributed by atoms with van der Waals surface area (Å²) in [5.74, 6) is -0.275. The van der Waals surface area contributed by atoms with Gasteiger partial charge in [0.05, 0.1) is 5.25 Å². The summed E-state index contributed by atoms with van der Waals surface area (Å²) < 4.78 is 23.5. The fourth-order valence-corrected chi connectivity index (χ4v) is 4.76. The zero-order valence-electron chi connectivity index (χ0n) is 11.2. The summed E-state index contributed by atoms with van der Waals surface area (Å²) in [7, 11) is -3.19. The van der Waals surface area contributed by atoms with Crippen molar-refractivity contribution in [3.63, 3.8) is 0 Å². The molecule has 3 fully saturated rings. The van der Waals surface area contributed by atoms with Crippen LogP contribution in [0.3, 0.4) is 0 Å². The second-order valence-corrected chi connectivity index (χ2v) is 7.86. The lowest BCUT2D eigenvalue weighted by Gasteiger charge is -2.45. The number of piperidine rings is 1. The van der Waals surface area contributed by atoms with E-state index in [4.69, 9.17) is 5.73 Å².